The molecule has 45 heavy (non-hydrogen) atoms. The first-order chi connectivity index (χ1) is 21.6. The molecule has 1 saturated heterocycles. The molecule has 8 nitrogen and oxygen atoms in total. The molecule has 0 radical (unpaired) electrons. The van der Waals surface area contributed by atoms with Crippen molar-refractivity contribution >= 4 is 27.0 Å². The van der Waals surface area contributed by atoms with Crippen molar-refractivity contribution in [3.05, 3.63) is 102 Å². The summed E-state index contributed by atoms with van der Waals surface area (Å²) in [5.74, 6) is 1.19. The van der Waals surface area contributed by atoms with Crippen molar-refractivity contribution in [2.45, 2.75) is 30.6 Å². The summed E-state index contributed by atoms with van der Waals surface area (Å²) in [4.78, 5) is 21.3. The Kier molecular flexibility index (Phi) is 8.24. The summed E-state index contributed by atoms with van der Waals surface area (Å²) in [6.07, 6.45) is 5.52. The second-order valence-electron chi connectivity index (χ2n) is 12.1. The van der Waals surface area contributed by atoms with Crippen LogP contribution in [0.3, 0.4) is 0 Å². The highest BCUT2D eigenvalue weighted by molar-refractivity contribution is 7.90. The number of nitrogens with zero attached hydrogens (tertiary/aromatic N) is 4. The molecule has 3 aromatic carbocycles. The molecule has 0 aliphatic carbocycles. The van der Waals surface area contributed by atoms with Gasteiger partial charge in [-0.15, -0.1) is 0 Å². The summed E-state index contributed by atoms with van der Waals surface area (Å²) in [7, 11) is 3.34. The van der Waals surface area contributed by atoms with Gasteiger partial charge in [-0.25, -0.2) is 17.4 Å². The third-order valence-corrected chi connectivity index (χ3v) is 10.4. The van der Waals surface area contributed by atoms with Crippen LogP contribution in [0.25, 0.3) is 33.3 Å². The molecule has 0 unspecified atom stereocenters. The number of rotatable bonds is 7. The van der Waals surface area contributed by atoms with Gasteiger partial charge in [-0.3, -0.25) is 4.79 Å². The number of aromatic nitrogens is 2. The van der Waals surface area contributed by atoms with Gasteiger partial charge in [0.15, 0.2) is 5.65 Å². The van der Waals surface area contributed by atoms with E-state index < -0.39 is 10.0 Å². The zero-order chi connectivity index (χ0) is 31.9. The van der Waals surface area contributed by atoms with Gasteiger partial charge in [0, 0.05) is 48.6 Å². The Labute approximate surface area is 264 Å². The van der Waals surface area contributed by atoms with Gasteiger partial charge < -0.3 is 14.5 Å². The number of amides is 1. The maximum Gasteiger partial charge on any atom is 0.269 e. The number of benzene rings is 3. The quantitative estimate of drug-likeness (QED) is 0.208. The van der Waals surface area contributed by atoms with Crippen molar-refractivity contribution in [3.8, 4) is 28.0 Å². The molecule has 6 rings (SSSR count). The fraction of sp³-hybridized carbons (Fsp3) is 0.278. The highest BCUT2D eigenvalue weighted by atomic mass is 32.2. The second kappa shape index (κ2) is 12.1. The Hall–Kier alpha value is -4.47. The fourth-order valence-corrected chi connectivity index (χ4v) is 7.40. The van der Waals surface area contributed by atoms with E-state index in [1.165, 1.54) is 14.4 Å². The summed E-state index contributed by atoms with van der Waals surface area (Å²) in [5.41, 5.74) is 6.34. The van der Waals surface area contributed by atoms with E-state index in [0.717, 1.165) is 53.9 Å². The first-order valence-electron chi connectivity index (χ1n) is 15.1. The van der Waals surface area contributed by atoms with Crippen LogP contribution >= 0.6 is 0 Å². The molecular weight excluding hydrogens is 584 g/mol. The van der Waals surface area contributed by atoms with Crippen molar-refractivity contribution in [1.29, 1.82) is 0 Å². The van der Waals surface area contributed by atoms with Crippen LogP contribution in [0.1, 0.15) is 40.2 Å². The molecule has 9 heteroatoms. The Balaban J connectivity index is 1.47. The minimum atomic E-state index is -3.94. The molecule has 0 bridgehead atoms. The number of aryl methyl sites for hydroxylation is 1. The molecular formula is C36H38N4O4S. The van der Waals surface area contributed by atoms with Crippen molar-refractivity contribution in [2.75, 3.05) is 41.3 Å². The number of ether oxygens (including phenoxy) is 1. The van der Waals surface area contributed by atoms with Gasteiger partial charge in [0.1, 0.15) is 5.75 Å². The Morgan fingerprint density at radius 3 is 2.22 bits per heavy atom. The number of hydrogen-bond donors (Lipinski definition) is 0. The molecule has 5 aromatic rings. The van der Waals surface area contributed by atoms with Crippen molar-refractivity contribution in [2.24, 2.45) is 0 Å². The van der Waals surface area contributed by atoms with E-state index in [2.05, 4.69) is 30.1 Å². The number of fused-ring (bicyclic) bond motifs is 1. The lowest BCUT2D eigenvalue weighted by atomic mass is 9.88. The van der Waals surface area contributed by atoms with E-state index in [0.29, 0.717) is 28.1 Å². The van der Waals surface area contributed by atoms with E-state index in [4.69, 9.17) is 9.72 Å². The minimum absolute atomic E-state index is 0.104. The van der Waals surface area contributed by atoms with E-state index in [1.54, 1.807) is 70.0 Å². The number of carbonyl (C=O) groups excluding carboxylic acids is 1. The number of methoxy groups -OCH3 is 1. The Morgan fingerprint density at radius 2 is 1.58 bits per heavy atom. The molecule has 0 saturated carbocycles. The van der Waals surface area contributed by atoms with Gasteiger partial charge in [0.05, 0.1) is 12.0 Å². The lowest BCUT2D eigenvalue weighted by Gasteiger charge is -2.30. The largest absolute Gasteiger partial charge is 0.496 e. The van der Waals surface area contributed by atoms with Gasteiger partial charge in [-0.1, -0.05) is 42.0 Å². The normalized spacial score (nSPS) is 14.5. The van der Waals surface area contributed by atoms with Gasteiger partial charge in [0.25, 0.3) is 15.9 Å². The average molecular weight is 623 g/mol. The van der Waals surface area contributed by atoms with Crippen LogP contribution in [0, 0.1) is 6.92 Å². The number of pyridine rings is 1. The van der Waals surface area contributed by atoms with Crippen LogP contribution in [0.4, 0.5) is 0 Å². The number of piperidine rings is 1. The van der Waals surface area contributed by atoms with Crippen LogP contribution < -0.4 is 4.74 Å². The number of hydrogen-bond acceptors (Lipinski definition) is 6. The number of carbonyl (C=O) groups is 1. The predicted molar refractivity (Wildman–Crippen MR) is 178 cm³/mol. The highest BCUT2D eigenvalue weighted by Crippen LogP contribution is 2.39. The average Bonchev–Trinajstić information content (AvgIpc) is 3.44. The Bertz CT molecular complexity index is 1970. The van der Waals surface area contributed by atoms with Crippen molar-refractivity contribution < 1.29 is 17.9 Å². The van der Waals surface area contributed by atoms with Crippen LogP contribution in [0.15, 0.2) is 90.1 Å². The molecule has 0 spiro atoms. The molecule has 1 fully saturated rings. The van der Waals surface area contributed by atoms with Crippen LogP contribution in [-0.4, -0.2) is 74.4 Å². The molecule has 0 N–H and O–H groups in total. The third-order valence-electron chi connectivity index (χ3n) is 8.76. The zero-order valence-electron chi connectivity index (χ0n) is 26.3. The Morgan fingerprint density at radius 1 is 0.911 bits per heavy atom. The topological polar surface area (TPSA) is 84.7 Å². The van der Waals surface area contributed by atoms with E-state index in [1.807, 2.05) is 25.1 Å². The van der Waals surface area contributed by atoms with E-state index in [9.17, 15) is 13.2 Å². The molecule has 1 aliphatic rings. The number of likely N-dealkylation sites (tertiary alicyclic amines) is 1. The van der Waals surface area contributed by atoms with Crippen molar-refractivity contribution in [3.63, 3.8) is 0 Å². The predicted octanol–water partition coefficient (Wildman–Crippen LogP) is 6.44. The summed E-state index contributed by atoms with van der Waals surface area (Å²) in [6.45, 7) is 4.04. The SMILES string of the molecule is COc1cc(-c2cnc3c(c2)c(-c2ccc(C(=O)N(C)C)cc2)cn3S(=O)(=O)c2ccc(C)cc2)ccc1C1CCN(C)CC1. The smallest absolute Gasteiger partial charge is 0.269 e. The molecule has 3 heterocycles. The fourth-order valence-electron chi connectivity index (χ4n) is 6.07. The van der Waals surface area contributed by atoms with Crippen molar-refractivity contribution in [1.82, 2.24) is 18.8 Å². The van der Waals surface area contributed by atoms with E-state index in [-0.39, 0.29) is 10.8 Å². The standard InChI is InChI=1S/C36H38N4O4S/c1-24-6-13-30(14-7-24)45(42,43)40-23-33(25-8-10-27(11-9-25)36(41)38(2)3)32-20-29(22-37-35(32)40)28-12-15-31(34(21-28)44-5)26-16-18-39(4)19-17-26/h6-15,20-23,26H,16-19H2,1-5H3. The highest BCUT2D eigenvalue weighted by Gasteiger charge is 2.25. The zero-order valence-corrected chi connectivity index (χ0v) is 27.1. The van der Waals surface area contributed by atoms with Crippen LogP contribution in [-0.2, 0) is 10.0 Å². The molecule has 232 valence electrons. The monoisotopic (exact) mass is 622 g/mol. The molecule has 1 amide bonds. The van der Waals surface area contributed by atoms with E-state index >= 15 is 0 Å². The minimum Gasteiger partial charge on any atom is -0.496 e. The maximum atomic E-state index is 13.9. The lowest BCUT2D eigenvalue weighted by Crippen LogP contribution is -2.29. The molecule has 2 aromatic heterocycles. The first-order valence-corrected chi connectivity index (χ1v) is 16.5. The van der Waals surface area contributed by atoms with Gasteiger partial charge in [0.2, 0.25) is 0 Å². The third kappa shape index (κ3) is 5.85. The first kappa shape index (κ1) is 30.6. The summed E-state index contributed by atoms with van der Waals surface area (Å²) >= 11 is 0. The van der Waals surface area contributed by atoms with Gasteiger partial charge in [-0.2, -0.15) is 0 Å². The van der Waals surface area contributed by atoms with Gasteiger partial charge >= 0.3 is 0 Å². The van der Waals surface area contributed by atoms with Crippen LogP contribution in [0.2, 0.25) is 0 Å². The van der Waals surface area contributed by atoms with Crippen LogP contribution in [0.5, 0.6) is 5.75 Å². The maximum absolute atomic E-state index is 13.9. The summed E-state index contributed by atoms with van der Waals surface area (Å²) < 4.78 is 35.0. The summed E-state index contributed by atoms with van der Waals surface area (Å²) in [5, 5.41) is 0.688. The molecule has 1 aliphatic heterocycles. The summed E-state index contributed by atoms with van der Waals surface area (Å²) in [6, 6.07) is 22.3. The van der Waals surface area contributed by atoms with Gasteiger partial charge in [-0.05, 0) is 98.9 Å². The second-order valence-corrected chi connectivity index (χ2v) is 13.9. The lowest BCUT2D eigenvalue weighted by molar-refractivity contribution is 0.0827. The molecule has 0 atom stereocenters.